The maximum Gasteiger partial charge on any atom is 0.0800 e. The zero-order valence-electron chi connectivity index (χ0n) is 6.97. The predicted octanol–water partition coefficient (Wildman–Crippen LogP) is 0.901. The molecule has 0 aromatic carbocycles. The summed E-state index contributed by atoms with van der Waals surface area (Å²) in [5, 5.41) is 13.4. The van der Waals surface area contributed by atoms with Gasteiger partial charge in [-0.3, -0.25) is 0 Å². The Balaban J connectivity index is 2.06. The van der Waals surface area contributed by atoms with E-state index in [1.165, 1.54) is 25.7 Å². The molecule has 0 unspecified atom stereocenters. The molecule has 0 aromatic rings. The van der Waals surface area contributed by atoms with Crippen LogP contribution in [0, 0.1) is 5.92 Å². The largest absolute Gasteiger partial charge is 0.388 e. The highest BCUT2D eigenvalue weighted by Gasteiger charge is 2.40. The first kappa shape index (κ1) is 7.56. The summed E-state index contributed by atoms with van der Waals surface area (Å²) < 4.78 is 0. The second kappa shape index (κ2) is 2.76. The number of rotatable bonds is 0. The van der Waals surface area contributed by atoms with E-state index in [0.717, 1.165) is 19.5 Å². The maximum absolute atomic E-state index is 10.1. The molecular weight excluding hydrogens is 138 g/mol. The van der Waals surface area contributed by atoms with Gasteiger partial charge < -0.3 is 10.4 Å². The van der Waals surface area contributed by atoms with Crippen molar-refractivity contribution in [1.82, 2.24) is 5.32 Å². The molecule has 2 atom stereocenters. The first-order valence-corrected chi connectivity index (χ1v) is 4.74. The second-order valence-electron chi connectivity index (χ2n) is 4.01. The molecule has 1 aliphatic heterocycles. The lowest BCUT2D eigenvalue weighted by molar-refractivity contribution is -0.0632. The van der Waals surface area contributed by atoms with Gasteiger partial charge in [-0.05, 0) is 31.7 Å². The summed E-state index contributed by atoms with van der Waals surface area (Å²) in [5.41, 5.74) is -0.337. The van der Waals surface area contributed by atoms with Crippen LogP contribution in [0.25, 0.3) is 0 Å². The molecule has 1 saturated carbocycles. The van der Waals surface area contributed by atoms with E-state index in [0.29, 0.717) is 5.92 Å². The van der Waals surface area contributed by atoms with E-state index in [2.05, 4.69) is 5.32 Å². The zero-order chi connectivity index (χ0) is 7.73. The molecule has 2 nitrogen and oxygen atoms in total. The van der Waals surface area contributed by atoms with Gasteiger partial charge in [0.2, 0.25) is 0 Å². The predicted molar refractivity (Wildman–Crippen MR) is 44.4 cm³/mol. The minimum absolute atomic E-state index is 0.337. The second-order valence-corrected chi connectivity index (χ2v) is 4.01. The SMILES string of the molecule is O[C@]12CCCC[C@H]1CCNC2. The fraction of sp³-hybridized carbons (Fsp3) is 1.00. The average molecular weight is 155 g/mol. The van der Waals surface area contributed by atoms with E-state index >= 15 is 0 Å². The number of β-amino-alcohol motifs (C(OH)–C–C–N with tert-alkyl or cyclic N) is 1. The lowest BCUT2D eigenvalue weighted by Crippen LogP contribution is -2.53. The molecule has 0 radical (unpaired) electrons. The average Bonchev–Trinajstić information content (AvgIpc) is 2.03. The third-order valence-electron chi connectivity index (χ3n) is 3.27. The molecule has 0 bridgehead atoms. The maximum atomic E-state index is 10.1. The van der Waals surface area contributed by atoms with Crippen molar-refractivity contribution in [2.45, 2.75) is 37.7 Å². The Bertz CT molecular complexity index is 134. The molecule has 0 aromatic heterocycles. The van der Waals surface area contributed by atoms with E-state index < -0.39 is 0 Å². The van der Waals surface area contributed by atoms with Crippen LogP contribution in [0.5, 0.6) is 0 Å². The van der Waals surface area contributed by atoms with Gasteiger partial charge in [-0.15, -0.1) is 0 Å². The molecule has 1 aliphatic carbocycles. The highest BCUT2D eigenvalue weighted by molar-refractivity contribution is 4.94. The molecule has 11 heavy (non-hydrogen) atoms. The van der Waals surface area contributed by atoms with Crippen molar-refractivity contribution in [3.05, 3.63) is 0 Å². The summed E-state index contributed by atoms with van der Waals surface area (Å²) in [5.74, 6) is 0.595. The zero-order valence-corrected chi connectivity index (χ0v) is 6.97. The molecule has 64 valence electrons. The van der Waals surface area contributed by atoms with Crippen molar-refractivity contribution < 1.29 is 5.11 Å². The van der Waals surface area contributed by atoms with Crippen molar-refractivity contribution >= 4 is 0 Å². The summed E-state index contributed by atoms with van der Waals surface area (Å²) in [6, 6.07) is 0. The van der Waals surface area contributed by atoms with Crippen molar-refractivity contribution in [3.8, 4) is 0 Å². The van der Waals surface area contributed by atoms with Crippen LogP contribution in [-0.2, 0) is 0 Å². The summed E-state index contributed by atoms with van der Waals surface area (Å²) >= 11 is 0. The lowest BCUT2D eigenvalue weighted by Gasteiger charge is -2.43. The molecular formula is C9H17NO. The molecule has 1 saturated heterocycles. The Morgan fingerprint density at radius 3 is 3.00 bits per heavy atom. The van der Waals surface area contributed by atoms with E-state index in [-0.39, 0.29) is 5.60 Å². The summed E-state index contributed by atoms with van der Waals surface area (Å²) in [7, 11) is 0. The van der Waals surface area contributed by atoms with Crippen molar-refractivity contribution in [2.75, 3.05) is 13.1 Å². The number of nitrogens with one attached hydrogen (secondary N) is 1. The van der Waals surface area contributed by atoms with Crippen LogP contribution in [0.15, 0.2) is 0 Å². The quantitative estimate of drug-likeness (QED) is 0.545. The van der Waals surface area contributed by atoms with Gasteiger partial charge in [0.1, 0.15) is 0 Å². The first-order valence-electron chi connectivity index (χ1n) is 4.74. The van der Waals surface area contributed by atoms with E-state index in [1.807, 2.05) is 0 Å². The smallest absolute Gasteiger partial charge is 0.0800 e. The number of fused-ring (bicyclic) bond motifs is 1. The van der Waals surface area contributed by atoms with E-state index in [4.69, 9.17) is 0 Å². The van der Waals surface area contributed by atoms with Gasteiger partial charge in [-0.2, -0.15) is 0 Å². The van der Waals surface area contributed by atoms with Crippen molar-refractivity contribution in [3.63, 3.8) is 0 Å². The van der Waals surface area contributed by atoms with Crippen LogP contribution in [0.1, 0.15) is 32.1 Å². The van der Waals surface area contributed by atoms with Crippen LogP contribution in [0.3, 0.4) is 0 Å². The minimum Gasteiger partial charge on any atom is -0.388 e. The molecule has 0 amide bonds. The number of aliphatic hydroxyl groups is 1. The van der Waals surface area contributed by atoms with E-state index in [9.17, 15) is 5.11 Å². The highest BCUT2D eigenvalue weighted by atomic mass is 16.3. The fourth-order valence-corrected chi connectivity index (χ4v) is 2.52. The number of piperidine rings is 1. The standard InChI is InChI=1S/C9H17NO/c11-9-5-2-1-3-8(9)4-6-10-7-9/h8,10-11H,1-7H2/t8-,9-/m0/s1. The topological polar surface area (TPSA) is 32.3 Å². The monoisotopic (exact) mass is 155 g/mol. The Morgan fingerprint density at radius 2 is 2.18 bits per heavy atom. The van der Waals surface area contributed by atoms with Gasteiger partial charge in [-0.25, -0.2) is 0 Å². The van der Waals surface area contributed by atoms with Crippen molar-refractivity contribution in [2.24, 2.45) is 5.92 Å². The third kappa shape index (κ3) is 1.30. The first-order chi connectivity index (χ1) is 5.31. The number of hydrogen-bond acceptors (Lipinski definition) is 2. The molecule has 1 heterocycles. The highest BCUT2D eigenvalue weighted by Crippen LogP contribution is 2.36. The summed E-state index contributed by atoms with van der Waals surface area (Å²) in [4.78, 5) is 0. The molecule has 2 fully saturated rings. The van der Waals surface area contributed by atoms with Crippen LogP contribution in [0.4, 0.5) is 0 Å². The molecule has 0 spiro atoms. The Kier molecular flexibility index (Phi) is 1.90. The van der Waals surface area contributed by atoms with Crippen molar-refractivity contribution in [1.29, 1.82) is 0 Å². The Hall–Kier alpha value is -0.0800. The van der Waals surface area contributed by atoms with Crippen LogP contribution < -0.4 is 5.32 Å². The molecule has 2 N–H and O–H groups in total. The fourth-order valence-electron chi connectivity index (χ4n) is 2.52. The Morgan fingerprint density at radius 1 is 1.27 bits per heavy atom. The number of hydrogen-bond donors (Lipinski definition) is 2. The van der Waals surface area contributed by atoms with Crippen LogP contribution in [0.2, 0.25) is 0 Å². The van der Waals surface area contributed by atoms with Gasteiger partial charge in [0, 0.05) is 6.54 Å². The van der Waals surface area contributed by atoms with Crippen LogP contribution >= 0.6 is 0 Å². The third-order valence-corrected chi connectivity index (χ3v) is 3.27. The van der Waals surface area contributed by atoms with Gasteiger partial charge in [0.25, 0.3) is 0 Å². The summed E-state index contributed by atoms with van der Waals surface area (Å²) in [6.45, 7) is 1.94. The molecule has 2 heteroatoms. The van der Waals surface area contributed by atoms with E-state index in [1.54, 1.807) is 0 Å². The molecule has 2 aliphatic rings. The normalized spacial score (nSPS) is 45.0. The van der Waals surface area contributed by atoms with Gasteiger partial charge >= 0.3 is 0 Å². The Labute approximate surface area is 68.0 Å². The summed E-state index contributed by atoms with van der Waals surface area (Å²) in [6.07, 6.45) is 5.99. The lowest BCUT2D eigenvalue weighted by atomic mass is 9.72. The van der Waals surface area contributed by atoms with Gasteiger partial charge in [-0.1, -0.05) is 12.8 Å². The van der Waals surface area contributed by atoms with Gasteiger partial charge in [0.15, 0.2) is 0 Å². The van der Waals surface area contributed by atoms with Gasteiger partial charge in [0.05, 0.1) is 5.60 Å². The van der Waals surface area contributed by atoms with Crippen LogP contribution in [-0.4, -0.2) is 23.8 Å². The minimum atomic E-state index is -0.337. The molecule has 2 rings (SSSR count).